The van der Waals surface area contributed by atoms with Crippen LogP contribution in [0.2, 0.25) is 0 Å². The molecule has 0 atom stereocenters. The van der Waals surface area contributed by atoms with Crippen LogP contribution in [0.1, 0.15) is 55.8 Å². The van der Waals surface area contributed by atoms with Crippen molar-refractivity contribution in [2.75, 3.05) is 19.4 Å². The van der Waals surface area contributed by atoms with Gasteiger partial charge in [-0.25, -0.2) is 0 Å². The van der Waals surface area contributed by atoms with Gasteiger partial charge in [-0.05, 0) is 18.6 Å². The number of carbonyl (C=O) groups excluding carboxylic acids is 1. The van der Waals surface area contributed by atoms with Crippen LogP contribution in [-0.2, 0) is 0 Å². The molecule has 0 aliphatic carbocycles. The fraction of sp³-hybridized carbons (Fsp3) is 0.562. The van der Waals surface area contributed by atoms with Crippen LogP contribution in [0, 0.1) is 0 Å². The Morgan fingerprint density at radius 3 is 2.60 bits per heavy atom. The molecule has 0 radical (unpaired) electrons. The van der Waals surface area contributed by atoms with Crippen molar-refractivity contribution >= 4 is 11.6 Å². The molecule has 20 heavy (non-hydrogen) atoms. The summed E-state index contributed by atoms with van der Waals surface area (Å²) in [6.07, 6.45) is 7.26. The number of benzene rings is 1. The Balaban J connectivity index is 2.35. The molecular formula is C16H26N2O2. The number of amides is 1. The molecule has 0 unspecified atom stereocenters. The summed E-state index contributed by atoms with van der Waals surface area (Å²) >= 11 is 0. The lowest BCUT2D eigenvalue weighted by Crippen LogP contribution is -2.25. The van der Waals surface area contributed by atoms with Crippen molar-refractivity contribution in [3.63, 3.8) is 0 Å². The molecule has 1 amide bonds. The first kappa shape index (κ1) is 16.3. The van der Waals surface area contributed by atoms with E-state index in [1.165, 1.54) is 32.8 Å². The van der Waals surface area contributed by atoms with Gasteiger partial charge in [0.15, 0.2) is 5.75 Å². The minimum absolute atomic E-state index is 0.122. The molecule has 1 aromatic carbocycles. The van der Waals surface area contributed by atoms with Gasteiger partial charge >= 0.3 is 0 Å². The first-order valence-corrected chi connectivity index (χ1v) is 7.41. The lowest BCUT2D eigenvalue weighted by Gasteiger charge is -2.11. The second-order valence-corrected chi connectivity index (χ2v) is 4.95. The number of hydrogen-bond acceptors (Lipinski definition) is 3. The van der Waals surface area contributed by atoms with Gasteiger partial charge in [0.1, 0.15) is 0 Å². The van der Waals surface area contributed by atoms with Crippen molar-refractivity contribution in [3.8, 4) is 5.75 Å². The highest BCUT2D eigenvalue weighted by Crippen LogP contribution is 2.25. The van der Waals surface area contributed by atoms with Gasteiger partial charge in [0.2, 0.25) is 0 Å². The van der Waals surface area contributed by atoms with Gasteiger partial charge < -0.3 is 15.8 Å². The van der Waals surface area contributed by atoms with E-state index in [2.05, 4.69) is 12.2 Å². The van der Waals surface area contributed by atoms with Crippen molar-refractivity contribution in [1.29, 1.82) is 0 Å². The second-order valence-electron chi connectivity index (χ2n) is 4.95. The van der Waals surface area contributed by atoms with Crippen LogP contribution in [0.3, 0.4) is 0 Å². The molecule has 3 N–H and O–H groups in total. The van der Waals surface area contributed by atoms with E-state index >= 15 is 0 Å². The molecule has 0 spiro atoms. The van der Waals surface area contributed by atoms with Gasteiger partial charge in [-0.2, -0.15) is 0 Å². The Kier molecular flexibility index (Phi) is 7.55. The molecule has 1 aromatic rings. The summed E-state index contributed by atoms with van der Waals surface area (Å²) in [5.41, 5.74) is 6.77. The van der Waals surface area contributed by atoms with Crippen LogP contribution in [-0.4, -0.2) is 19.6 Å². The van der Waals surface area contributed by atoms with Crippen molar-refractivity contribution in [2.24, 2.45) is 0 Å². The zero-order chi connectivity index (χ0) is 14.8. The Hall–Kier alpha value is -1.71. The number of ether oxygens (including phenoxy) is 1. The average Bonchev–Trinajstić information content (AvgIpc) is 2.45. The fourth-order valence-electron chi connectivity index (χ4n) is 2.16. The third-order valence-electron chi connectivity index (χ3n) is 3.31. The average molecular weight is 278 g/mol. The highest BCUT2D eigenvalue weighted by molar-refractivity contribution is 5.98. The van der Waals surface area contributed by atoms with Crippen LogP contribution >= 0.6 is 0 Å². The molecule has 0 saturated carbocycles. The number of rotatable bonds is 9. The normalized spacial score (nSPS) is 10.3. The van der Waals surface area contributed by atoms with Gasteiger partial charge in [0, 0.05) is 6.54 Å². The summed E-state index contributed by atoms with van der Waals surface area (Å²) in [5.74, 6) is 0.329. The maximum atomic E-state index is 12.1. The summed E-state index contributed by atoms with van der Waals surface area (Å²) in [6.45, 7) is 2.90. The predicted molar refractivity (Wildman–Crippen MR) is 83.1 cm³/mol. The molecule has 4 nitrogen and oxygen atoms in total. The zero-order valence-electron chi connectivity index (χ0n) is 12.6. The highest BCUT2D eigenvalue weighted by Gasteiger charge is 2.13. The van der Waals surface area contributed by atoms with Gasteiger partial charge in [0.25, 0.3) is 5.91 Å². The van der Waals surface area contributed by atoms with E-state index in [0.717, 1.165) is 12.8 Å². The van der Waals surface area contributed by atoms with E-state index in [4.69, 9.17) is 10.5 Å². The zero-order valence-corrected chi connectivity index (χ0v) is 12.6. The first-order chi connectivity index (χ1) is 9.70. The number of unbranched alkanes of at least 4 members (excludes halogenated alkanes) is 5. The summed E-state index contributed by atoms with van der Waals surface area (Å²) in [4.78, 5) is 12.1. The third kappa shape index (κ3) is 5.11. The van der Waals surface area contributed by atoms with E-state index in [0.29, 0.717) is 23.5 Å². The lowest BCUT2D eigenvalue weighted by molar-refractivity contribution is 0.0950. The highest BCUT2D eigenvalue weighted by atomic mass is 16.5. The van der Waals surface area contributed by atoms with Crippen LogP contribution in [0.25, 0.3) is 0 Å². The minimum Gasteiger partial charge on any atom is -0.494 e. The molecule has 0 bridgehead atoms. The van der Waals surface area contributed by atoms with Crippen molar-refractivity contribution in [2.45, 2.75) is 45.4 Å². The Morgan fingerprint density at radius 1 is 1.20 bits per heavy atom. The quantitative estimate of drug-likeness (QED) is 0.537. The van der Waals surface area contributed by atoms with Crippen molar-refractivity contribution in [3.05, 3.63) is 23.8 Å². The summed E-state index contributed by atoms with van der Waals surface area (Å²) in [7, 11) is 1.52. The summed E-state index contributed by atoms with van der Waals surface area (Å²) in [6, 6.07) is 5.21. The number of nitrogen functional groups attached to an aromatic ring is 1. The maximum Gasteiger partial charge on any atom is 0.255 e. The van der Waals surface area contributed by atoms with Crippen molar-refractivity contribution in [1.82, 2.24) is 5.32 Å². The standard InChI is InChI=1S/C16H26N2O2/c1-3-4-5-6-7-8-12-18-16(19)13-10-9-11-14(17)15(13)20-2/h9-11H,3-8,12,17H2,1-2H3,(H,18,19). The maximum absolute atomic E-state index is 12.1. The number of carbonyl (C=O) groups is 1. The lowest BCUT2D eigenvalue weighted by atomic mass is 10.1. The molecule has 0 aromatic heterocycles. The number of nitrogens with one attached hydrogen (secondary N) is 1. The molecular weight excluding hydrogens is 252 g/mol. The van der Waals surface area contributed by atoms with Gasteiger partial charge in [0.05, 0.1) is 18.4 Å². The SMILES string of the molecule is CCCCCCCCNC(=O)c1cccc(N)c1OC. The number of nitrogens with two attached hydrogens (primary N) is 1. The Labute approximate surface area is 121 Å². The largest absolute Gasteiger partial charge is 0.494 e. The molecule has 0 aliphatic heterocycles. The van der Waals surface area contributed by atoms with Crippen LogP contribution < -0.4 is 15.8 Å². The van der Waals surface area contributed by atoms with E-state index in [1.807, 2.05) is 0 Å². The topological polar surface area (TPSA) is 64.4 Å². The number of hydrogen-bond donors (Lipinski definition) is 2. The van der Waals surface area contributed by atoms with Crippen molar-refractivity contribution < 1.29 is 9.53 Å². The second kappa shape index (κ2) is 9.23. The molecule has 4 heteroatoms. The smallest absolute Gasteiger partial charge is 0.255 e. The number of para-hydroxylation sites is 1. The molecule has 0 aliphatic rings. The molecule has 0 fully saturated rings. The third-order valence-corrected chi connectivity index (χ3v) is 3.31. The predicted octanol–water partition coefficient (Wildman–Crippen LogP) is 3.37. The van der Waals surface area contributed by atoms with E-state index in [1.54, 1.807) is 18.2 Å². The van der Waals surface area contributed by atoms with E-state index in [-0.39, 0.29) is 5.91 Å². The van der Waals surface area contributed by atoms with Gasteiger partial charge in [-0.15, -0.1) is 0 Å². The molecule has 112 valence electrons. The van der Waals surface area contributed by atoms with Crippen LogP contribution in [0.4, 0.5) is 5.69 Å². The molecule has 0 saturated heterocycles. The first-order valence-electron chi connectivity index (χ1n) is 7.41. The van der Waals surface area contributed by atoms with Gasteiger partial charge in [-0.1, -0.05) is 45.1 Å². The molecule has 1 rings (SSSR count). The number of anilines is 1. The summed E-state index contributed by atoms with van der Waals surface area (Å²) < 4.78 is 5.18. The van der Waals surface area contributed by atoms with E-state index in [9.17, 15) is 4.79 Å². The number of methoxy groups -OCH3 is 1. The van der Waals surface area contributed by atoms with Crippen LogP contribution in [0.15, 0.2) is 18.2 Å². The van der Waals surface area contributed by atoms with Gasteiger partial charge in [-0.3, -0.25) is 4.79 Å². The van der Waals surface area contributed by atoms with Crippen LogP contribution in [0.5, 0.6) is 5.75 Å². The monoisotopic (exact) mass is 278 g/mol. The Morgan fingerprint density at radius 2 is 1.90 bits per heavy atom. The fourth-order valence-corrected chi connectivity index (χ4v) is 2.16. The minimum atomic E-state index is -0.122. The molecule has 0 heterocycles. The van der Waals surface area contributed by atoms with E-state index < -0.39 is 0 Å². The Bertz CT molecular complexity index is 419. The summed E-state index contributed by atoms with van der Waals surface area (Å²) in [5, 5.41) is 2.92.